The molecule has 0 aliphatic rings. The molecule has 1 atom stereocenters. The maximum absolute atomic E-state index is 11.2. The van der Waals surface area contributed by atoms with E-state index in [2.05, 4.69) is 19.1 Å². The van der Waals surface area contributed by atoms with E-state index in [9.17, 15) is 4.79 Å². The van der Waals surface area contributed by atoms with E-state index in [0.717, 1.165) is 6.42 Å². The average Bonchev–Trinajstić information content (AvgIpc) is 2.27. The molecule has 0 unspecified atom stereocenters. The highest BCUT2D eigenvalue weighted by Gasteiger charge is 2.08. The number of hydrogen-bond acceptors (Lipinski definition) is 2. The van der Waals surface area contributed by atoms with Crippen molar-refractivity contribution >= 4 is 5.97 Å². The third-order valence-electron chi connectivity index (χ3n) is 2.46. The van der Waals surface area contributed by atoms with Gasteiger partial charge in [0.05, 0.1) is 6.61 Å². The van der Waals surface area contributed by atoms with Crippen molar-refractivity contribution < 1.29 is 9.53 Å². The van der Waals surface area contributed by atoms with Crippen LogP contribution in [0.2, 0.25) is 0 Å². The molecule has 0 radical (unpaired) electrons. The lowest BCUT2D eigenvalue weighted by Gasteiger charge is -2.10. The number of hydrogen-bond donors (Lipinski definition) is 0. The molecule has 0 aromatic heterocycles. The fraction of sp³-hybridized carbons (Fsp3) is 0.462. The van der Waals surface area contributed by atoms with E-state index >= 15 is 0 Å². The Hall–Kier alpha value is -1.31. The number of rotatable bonds is 5. The Morgan fingerprint density at radius 1 is 1.33 bits per heavy atom. The zero-order valence-electron chi connectivity index (χ0n) is 9.40. The summed E-state index contributed by atoms with van der Waals surface area (Å²) in [6.45, 7) is 4.44. The molecule has 0 bridgehead atoms. The number of esters is 1. The van der Waals surface area contributed by atoms with Gasteiger partial charge in [-0.25, -0.2) is 0 Å². The predicted octanol–water partition coefficient (Wildman–Crippen LogP) is 3.13. The van der Waals surface area contributed by atoms with Crippen molar-refractivity contribution in [1.82, 2.24) is 0 Å². The minimum Gasteiger partial charge on any atom is -0.466 e. The Balaban J connectivity index is 2.37. The van der Waals surface area contributed by atoms with Crippen molar-refractivity contribution in [2.45, 2.75) is 32.6 Å². The van der Waals surface area contributed by atoms with Gasteiger partial charge in [-0.15, -0.1) is 0 Å². The van der Waals surface area contributed by atoms with Crippen LogP contribution in [0.5, 0.6) is 0 Å². The first-order chi connectivity index (χ1) is 7.24. The summed E-state index contributed by atoms with van der Waals surface area (Å²) in [6.07, 6.45) is 1.35. The highest BCUT2D eigenvalue weighted by atomic mass is 16.5. The predicted molar refractivity (Wildman–Crippen MR) is 60.7 cm³/mol. The summed E-state index contributed by atoms with van der Waals surface area (Å²) in [5.74, 6) is 0.316. The molecule has 0 saturated heterocycles. The lowest BCUT2D eigenvalue weighted by atomic mass is 9.96. The Morgan fingerprint density at radius 2 is 2.00 bits per heavy atom. The Labute approximate surface area is 91.3 Å². The average molecular weight is 206 g/mol. The first kappa shape index (κ1) is 11.8. The van der Waals surface area contributed by atoms with E-state index in [0.29, 0.717) is 18.9 Å². The lowest BCUT2D eigenvalue weighted by molar-refractivity contribution is -0.143. The van der Waals surface area contributed by atoms with Crippen molar-refractivity contribution in [3.8, 4) is 0 Å². The van der Waals surface area contributed by atoms with Gasteiger partial charge in [0.15, 0.2) is 0 Å². The third-order valence-corrected chi connectivity index (χ3v) is 2.46. The number of benzene rings is 1. The number of carbonyl (C=O) groups excluding carboxylic acids is 1. The summed E-state index contributed by atoms with van der Waals surface area (Å²) in [5, 5.41) is 0. The maximum Gasteiger partial charge on any atom is 0.305 e. The van der Waals surface area contributed by atoms with Crippen molar-refractivity contribution in [2.24, 2.45) is 0 Å². The second kappa shape index (κ2) is 6.23. The SMILES string of the molecule is CCOC(=O)CC[C@@H](C)c1ccccc1. The molecule has 0 aliphatic heterocycles. The first-order valence-corrected chi connectivity index (χ1v) is 5.44. The standard InChI is InChI=1S/C13H18O2/c1-3-15-13(14)10-9-11(2)12-7-5-4-6-8-12/h4-8,11H,3,9-10H2,1-2H3/t11-/m1/s1. The highest BCUT2D eigenvalue weighted by Crippen LogP contribution is 2.20. The van der Waals surface area contributed by atoms with Crippen LogP contribution in [0.3, 0.4) is 0 Å². The Bertz CT molecular complexity index is 293. The van der Waals surface area contributed by atoms with E-state index in [1.165, 1.54) is 5.56 Å². The molecule has 0 spiro atoms. The molecule has 82 valence electrons. The lowest BCUT2D eigenvalue weighted by Crippen LogP contribution is -2.05. The summed E-state index contributed by atoms with van der Waals surface area (Å²) in [7, 11) is 0. The Kier molecular flexibility index (Phi) is 4.88. The van der Waals surface area contributed by atoms with Gasteiger partial charge < -0.3 is 4.74 Å². The van der Waals surface area contributed by atoms with Crippen molar-refractivity contribution in [2.75, 3.05) is 6.61 Å². The van der Waals surface area contributed by atoms with Crippen LogP contribution in [-0.2, 0) is 9.53 Å². The summed E-state index contributed by atoms with van der Waals surface area (Å²) in [4.78, 5) is 11.2. The van der Waals surface area contributed by atoms with E-state index in [1.807, 2.05) is 25.1 Å². The van der Waals surface area contributed by atoms with Gasteiger partial charge in [-0.1, -0.05) is 37.3 Å². The molecule has 2 heteroatoms. The van der Waals surface area contributed by atoms with Crippen LogP contribution in [0.1, 0.15) is 38.2 Å². The zero-order valence-corrected chi connectivity index (χ0v) is 9.40. The second-order valence-corrected chi connectivity index (χ2v) is 3.66. The molecule has 1 aromatic rings. The number of carbonyl (C=O) groups is 1. The largest absolute Gasteiger partial charge is 0.466 e. The van der Waals surface area contributed by atoms with Gasteiger partial charge in [0, 0.05) is 6.42 Å². The van der Waals surface area contributed by atoms with Gasteiger partial charge in [-0.3, -0.25) is 4.79 Å². The summed E-state index contributed by atoms with van der Waals surface area (Å²) >= 11 is 0. The van der Waals surface area contributed by atoms with Gasteiger partial charge in [0.1, 0.15) is 0 Å². The molecule has 0 saturated carbocycles. The molecule has 0 amide bonds. The van der Waals surface area contributed by atoms with Crippen molar-refractivity contribution in [1.29, 1.82) is 0 Å². The van der Waals surface area contributed by atoms with Crippen molar-refractivity contribution in [3.05, 3.63) is 35.9 Å². The summed E-state index contributed by atoms with van der Waals surface area (Å²) in [5.41, 5.74) is 1.28. The first-order valence-electron chi connectivity index (χ1n) is 5.44. The molecule has 0 heterocycles. The van der Waals surface area contributed by atoms with Gasteiger partial charge in [-0.2, -0.15) is 0 Å². The molecular weight excluding hydrogens is 188 g/mol. The Morgan fingerprint density at radius 3 is 2.60 bits per heavy atom. The normalized spacial score (nSPS) is 12.1. The van der Waals surface area contributed by atoms with E-state index in [4.69, 9.17) is 4.74 Å². The fourth-order valence-electron chi connectivity index (χ4n) is 1.52. The van der Waals surface area contributed by atoms with Gasteiger partial charge in [-0.05, 0) is 24.8 Å². The van der Waals surface area contributed by atoms with Crippen LogP contribution in [0.15, 0.2) is 30.3 Å². The molecule has 1 rings (SSSR count). The van der Waals surface area contributed by atoms with Gasteiger partial charge >= 0.3 is 5.97 Å². The third kappa shape index (κ3) is 4.15. The van der Waals surface area contributed by atoms with Crippen LogP contribution in [0, 0.1) is 0 Å². The summed E-state index contributed by atoms with van der Waals surface area (Å²) in [6, 6.07) is 10.2. The van der Waals surface area contributed by atoms with Crippen LogP contribution in [0.4, 0.5) is 0 Å². The summed E-state index contributed by atoms with van der Waals surface area (Å²) < 4.78 is 4.89. The van der Waals surface area contributed by atoms with Gasteiger partial charge in [0.25, 0.3) is 0 Å². The van der Waals surface area contributed by atoms with Crippen LogP contribution < -0.4 is 0 Å². The molecule has 1 aromatic carbocycles. The maximum atomic E-state index is 11.2. The molecule has 15 heavy (non-hydrogen) atoms. The highest BCUT2D eigenvalue weighted by molar-refractivity contribution is 5.69. The van der Waals surface area contributed by atoms with E-state index in [-0.39, 0.29) is 5.97 Å². The van der Waals surface area contributed by atoms with Crippen LogP contribution >= 0.6 is 0 Å². The van der Waals surface area contributed by atoms with E-state index < -0.39 is 0 Å². The molecule has 2 nitrogen and oxygen atoms in total. The molecule has 0 N–H and O–H groups in total. The van der Waals surface area contributed by atoms with Gasteiger partial charge in [0.2, 0.25) is 0 Å². The minimum atomic E-state index is -0.0970. The smallest absolute Gasteiger partial charge is 0.305 e. The van der Waals surface area contributed by atoms with E-state index in [1.54, 1.807) is 0 Å². The van der Waals surface area contributed by atoms with Crippen LogP contribution in [-0.4, -0.2) is 12.6 Å². The second-order valence-electron chi connectivity index (χ2n) is 3.66. The van der Waals surface area contributed by atoms with Crippen LogP contribution in [0.25, 0.3) is 0 Å². The zero-order chi connectivity index (χ0) is 11.1. The molecule has 0 aliphatic carbocycles. The molecule has 0 fully saturated rings. The molecular formula is C13H18O2. The monoisotopic (exact) mass is 206 g/mol. The fourth-order valence-corrected chi connectivity index (χ4v) is 1.52. The topological polar surface area (TPSA) is 26.3 Å². The number of ether oxygens (including phenoxy) is 1. The van der Waals surface area contributed by atoms with Crippen molar-refractivity contribution in [3.63, 3.8) is 0 Å². The quantitative estimate of drug-likeness (QED) is 0.692. The minimum absolute atomic E-state index is 0.0970.